The molecule has 2 heterocycles. The second-order valence-corrected chi connectivity index (χ2v) is 4.21. The first-order valence-corrected chi connectivity index (χ1v) is 5.91. The van der Waals surface area contributed by atoms with E-state index < -0.39 is 5.91 Å². The molecule has 1 saturated heterocycles. The maximum absolute atomic E-state index is 11.7. The highest BCUT2D eigenvalue weighted by atomic mass is 16.2. The van der Waals surface area contributed by atoms with E-state index >= 15 is 0 Å². The lowest BCUT2D eigenvalue weighted by atomic mass is 10.2. The van der Waals surface area contributed by atoms with Gasteiger partial charge in [0.2, 0.25) is 11.5 Å². The standard InChI is InChI=1S/C12H15N3O3/c16-10-7-9(3-4-13-10)12(18)14-8-11(17)15-5-1-2-6-15/h3-4,7H,1-2,5-6,8H2,(H,13,16)(H,14,18). The number of carbonyl (C=O) groups is 2. The Kier molecular flexibility index (Phi) is 3.76. The van der Waals surface area contributed by atoms with Gasteiger partial charge in [0.25, 0.3) is 5.91 Å². The zero-order valence-corrected chi connectivity index (χ0v) is 9.94. The Morgan fingerprint density at radius 2 is 2.06 bits per heavy atom. The fraction of sp³-hybridized carbons (Fsp3) is 0.417. The molecule has 0 spiro atoms. The molecule has 2 N–H and O–H groups in total. The quantitative estimate of drug-likeness (QED) is 0.773. The van der Waals surface area contributed by atoms with E-state index in [4.69, 9.17) is 0 Å². The first-order valence-electron chi connectivity index (χ1n) is 5.91. The zero-order chi connectivity index (χ0) is 13.0. The van der Waals surface area contributed by atoms with Crippen LogP contribution >= 0.6 is 0 Å². The van der Waals surface area contributed by atoms with Crippen molar-refractivity contribution in [1.82, 2.24) is 15.2 Å². The van der Waals surface area contributed by atoms with Gasteiger partial charge in [-0.1, -0.05) is 0 Å². The number of aromatic nitrogens is 1. The minimum absolute atomic E-state index is 0.0222. The molecule has 0 aromatic carbocycles. The molecule has 1 fully saturated rings. The summed E-state index contributed by atoms with van der Waals surface area (Å²) in [6.45, 7) is 1.51. The fourth-order valence-corrected chi connectivity index (χ4v) is 1.92. The maximum Gasteiger partial charge on any atom is 0.251 e. The summed E-state index contributed by atoms with van der Waals surface area (Å²) < 4.78 is 0. The van der Waals surface area contributed by atoms with E-state index in [1.54, 1.807) is 4.90 Å². The molecule has 18 heavy (non-hydrogen) atoms. The van der Waals surface area contributed by atoms with Gasteiger partial charge in [-0.15, -0.1) is 0 Å². The van der Waals surface area contributed by atoms with E-state index in [9.17, 15) is 14.4 Å². The highest BCUT2D eigenvalue weighted by molar-refractivity contribution is 5.96. The summed E-state index contributed by atoms with van der Waals surface area (Å²) in [5, 5.41) is 2.52. The number of likely N-dealkylation sites (tertiary alicyclic amines) is 1. The summed E-state index contributed by atoms with van der Waals surface area (Å²) in [4.78, 5) is 38.6. The van der Waals surface area contributed by atoms with E-state index in [1.165, 1.54) is 18.3 Å². The third-order valence-corrected chi connectivity index (χ3v) is 2.90. The average Bonchev–Trinajstić information content (AvgIpc) is 2.89. The van der Waals surface area contributed by atoms with Crippen LogP contribution in [0, 0.1) is 0 Å². The molecule has 0 aliphatic carbocycles. The smallest absolute Gasteiger partial charge is 0.251 e. The van der Waals surface area contributed by atoms with Gasteiger partial charge in [0.1, 0.15) is 0 Å². The van der Waals surface area contributed by atoms with E-state index in [0.29, 0.717) is 0 Å². The SMILES string of the molecule is O=C(NCC(=O)N1CCCC1)c1cc[nH]c(=O)c1. The van der Waals surface area contributed by atoms with Gasteiger partial charge < -0.3 is 15.2 Å². The number of nitrogens with one attached hydrogen (secondary N) is 2. The number of aromatic amines is 1. The summed E-state index contributed by atoms with van der Waals surface area (Å²) in [5.41, 5.74) is -0.0820. The molecule has 1 aliphatic rings. The van der Waals surface area contributed by atoms with Crippen molar-refractivity contribution >= 4 is 11.8 Å². The molecular formula is C12H15N3O3. The van der Waals surface area contributed by atoms with Gasteiger partial charge in [-0.25, -0.2) is 0 Å². The number of carbonyl (C=O) groups excluding carboxylic acids is 2. The average molecular weight is 249 g/mol. The minimum Gasteiger partial charge on any atom is -0.343 e. The predicted octanol–water partition coefficient (Wildman–Crippen LogP) is -0.273. The predicted molar refractivity (Wildman–Crippen MR) is 65.2 cm³/mol. The van der Waals surface area contributed by atoms with Crippen LogP contribution in [0.25, 0.3) is 0 Å². The number of nitrogens with zero attached hydrogens (tertiary/aromatic N) is 1. The van der Waals surface area contributed by atoms with E-state index in [-0.39, 0.29) is 23.6 Å². The number of pyridine rings is 1. The topological polar surface area (TPSA) is 82.3 Å². The van der Waals surface area contributed by atoms with Crippen LogP contribution in [-0.4, -0.2) is 41.3 Å². The first kappa shape index (κ1) is 12.3. The Labute approximate surface area is 104 Å². The fourth-order valence-electron chi connectivity index (χ4n) is 1.92. The van der Waals surface area contributed by atoms with Crippen molar-refractivity contribution in [1.29, 1.82) is 0 Å². The maximum atomic E-state index is 11.7. The number of amides is 2. The third-order valence-electron chi connectivity index (χ3n) is 2.90. The van der Waals surface area contributed by atoms with Crippen molar-refractivity contribution in [3.05, 3.63) is 34.2 Å². The first-order chi connectivity index (χ1) is 8.66. The Hall–Kier alpha value is -2.11. The van der Waals surface area contributed by atoms with Crippen molar-refractivity contribution in [2.24, 2.45) is 0 Å². The Morgan fingerprint density at radius 1 is 1.33 bits per heavy atom. The van der Waals surface area contributed by atoms with Gasteiger partial charge in [-0.05, 0) is 18.9 Å². The molecule has 1 aromatic rings. The lowest BCUT2D eigenvalue weighted by molar-refractivity contribution is -0.129. The van der Waals surface area contributed by atoms with Gasteiger partial charge >= 0.3 is 0 Å². The normalized spacial score (nSPS) is 14.6. The summed E-state index contributed by atoms with van der Waals surface area (Å²) in [5.74, 6) is -0.487. The lowest BCUT2D eigenvalue weighted by Crippen LogP contribution is -2.38. The molecule has 1 aromatic heterocycles. The Balaban J connectivity index is 1.88. The second-order valence-electron chi connectivity index (χ2n) is 4.21. The Morgan fingerprint density at radius 3 is 2.72 bits per heavy atom. The largest absolute Gasteiger partial charge is 0.343 e. The molecule has 0 radical (unpaired) electrons. The van der Waals surface area contributed by atoms with Crippen LogP contribution in [0.4, 0.5) is 0 Å². The van der Waals surface area contributed by atoms with Gasteiger partial charge in [0.05, 0.1) is 6.54 Å². The van der Waals surface area contributed by atoms with Crippen LogP contribution in [0.3, 0.4) is 0 Å². The number of hydrogen-bond donors (Lipinski definition) is 2. The molecule has 0 unspecified atom stereocenters. The van der Waals surface area contributed by atoms with Gasteiger partial charge in [0, 0.05) is 30.9 Å². The number of H-pyrrole nitrogens is 1. The molecule has 1 aliphatic heterocycles. The van der Waals surface area contributed by atoms with Crippen molar-refractivity contribution in [2.45, 2.75) is 12.8 Å². The molecule has 0 bridgehead atoms. The van der Waals surface area contributed by atoms with Gasteiger partial charge in [-0.3, -0.25) is 14.4 Å². The van der Waals surface area contributed by atoms with E-state index in [2.05, 4.69) is 10.3 Å². The lowest BCUT2D eigenvalue weighted by Gasteiger charge is -2.15. The van der Waals surface area contributed by atoms with Crippen molar-refractivity contribution in [2.75, 3.05) is 19.6 Å². The molecule has 2 rings (SSSR count). The Bertz CT molecular complexity index is 503. The summed E-state index contributed by atoms with van der Waals surface area (Å²) >= 11 is 0. The number of rotatable bonds is 3. The molecule has 0 saturated carbocycles. The second kappa shape index (κ2) is 5.48. The molecule has 0 atom stereocenters. The monoisotopic (exact) mass is 249 g/mol. The van der Waals surface area contributed by atoms with Crippen LogP contribution in [-0.2, 0) is 4.79 Å². The minimum atomic E-state index is -0.409. The van der Waals surface area contributed by atoms with Gasteiger partial charge in [-0.2, -0.15) is 0 Å². The van der Waals surface area contributed by atoms with Crippen LogP contribution in [0.2, 0.25) is 0 Å². The van der Waals surface area contributed by atoms with Crippen molar-refractivity contribution in [3.63, 3.8) is 0 Å². The summed E-state index contributed by atoms with van der Waals surface area (Å²) in [6.07, 6.45) is 3.45. The van der Waals surface area contributed by atoms with E-state index in [0.717, 1.165) is 25.9 Å². The molecule has 2 amide bonds. The molecule has 96 valence electrons. The van der Waals surface area contributed by atoms with Crippen LogP contribution in [0.5, 0.6) is 0 Å². The molecule has 6 heteroatoms. The van der Waals surface area contributed by atoms with E-state index in [1.807, 2.05) is 0 Å². The highest BCUT2D eigenvalue weighted by Gasteiger charge is 2.18. The van der Waals surface area contributed by atoms with Crippen molar-refractivity contribution in [3.8, 4) is 0 Å². The summed E-state index contributed by atoms with van der Waals surface area (Å²) in [6, 6.07) is 2.70. The summed E-state index contributed by atoms with van der Waals surface area (Å²) in [7, 11) is 0. The van der Waals surface area contributed by atoms with Gasteiger partial charge in [0.15, 0.2) is 0 Å². The van der Waals surface area contributed by atoms with Crippen LogP contribution in [0.1, 0.15) is 23.2 Å². The van der Waals surface area contributed by atoms with Crippen LogP contribution in [0.15, 0.2) is 23.1 Å². The number of hydrogen-bond acceptors (Lipinski definition) is 3. The molecular weight excluding hydrogens is 234 g/mol. The van der Waals surface area contributed by atoms with Crippen LogP contribution < -0.4 is 10.9 Å². The zero-order valence-electron chi connectivity index (χ0n) is 9.94. The van der Waals surface area contributed by atoms with Crippen molar-refractivity contribution < 1.29 is 9.59 Å². The highest BCUT2D eigenvalue weighted by Crippen LogP contribution is 2.06. The third kappa shape index (κ3) is 2.97. The molecule has 6 nitrogen and oxygen atoms in total.